The average molecular weight is 260 g/mol. The molecule has 102 valence electrons. The van der Waals surface area contributed by atoms with E-state index in [1.807, 2.05) is 6.92 Å². The van der Waals surface area contributed by atoms with Crippen LogP contribution in [0.3, 0.4) is 0 Å². The predicted molar refractivity (Wildman–Crippen MR) is 67.6 cm³/mol. The number of halogens is 3. The lowest BCUT2D eigenvalue weighted by molar-refractivity contribution is -0.119. The van der Waals surface area contributed by atoms with Crippen LogP contribution in [0.2, 0.25) is 0 Å². The van der Waals surface area contributed by atoms with Crippen molar-refractivity contribution in [2.24, 2.45) is 5.73 Å². The summed E-state index contributed by atoms with van der Waals surface area (Å²) in [4.78, 5) is 1.35. The van der Waals surface area contributed by atoms with E-state index in [4.69, 9.17) is 5.73 Å². The van der Waals surface area contributed by atoms with Gasteiger partial charge in [-0.25, -0.2) is 0 Å². The third-order valence-electron chi connectivity index (χ3n) is 2.63. The van der Waals surface area contributed by atoms with E-state index in [-0.39, 0.29) is 6.04 Å². The Morgan fingerprint density at radius 2 is 1.89 bits per heavy atom. The molecule has 0 aliphatic heterocycles. The van der Waals surface area contributed by atoms with E-state index in [0.29, 0.717) is 18.7 Å². The van der Waals surface area contributed by atoms with Crippen LogP contribution in [0.1, 0.15) is 31.9 Å². The van der Waals surface area contributed by atoms with Crippen LogP contribution in [0.15, 0.2) is 24.3 Å². The number of nitrogens with zero attached hydrogens (tertiary/aromatic N) is 1. The zero-order valence-electron chi connectivity index (χ0n) is 10.7. The fraction of sp³-hybridized carbons (Fsp3) is 0.538. The molecule has 2 nitrogen and oxygen atoms in total. The number of rotatable bonds is 5. The average Bonchev–Trinajstić information content (AvgIpc) is 2.26. The van der Waals surface area contributed by atoms with Crippen molar-refractivity contribution < 1.29 is 13.2 Å². The van der Waals surface area contributed by atoms with Gasteiger partial charge in [0.25, 0.3) is 0 Å². The molecule has 0 aromatic heterocycles. The summed E-state index contributed by atoms with van der Waals surface area (Å²) in [5.74, 6) is 0. The molecule has 1 rings (SSSR count). The van der Waals surface area contributed by atoms with Gasteiger partial charge in [0, 0.05) is 18.3 Å². The molecule has 1 atom stereocenters. The van der Waals surface area contributed by atoms with E-state index in [1.54, 1.807) is 31.2 Å². The van der Waals surface area contributed by atoms with E-state index in [1.165, 1.54) is 4.90 Å². The Hall–Kier alpha value is -1.23. The maximum Gasteiger partial charge on any atom is 0.405 e. The highest BCUT2D eigenvalue weighted by Gasteiger charge is 2.31. The fourth-order valence-electron chi connectivity index (χ4n) is 1.93. The largest absolute Gasteiger partial charge is 0.405 e. The second-order valence-electron chi connectivity index (χ2n) is 4.38. The molecule has 0 radical (unpaired) electrons. The minimum atomic E-state index is -4.21. The first kappa shape index (κ1) is 14.8. The van der Waals surface area contributed by atoms with Crippen LogP contribution in [0.4, 0.5) is 18.9 Å². The zero-order chi connectivity index (χ0) is 13.8. The third-order valence-corrected chi connectivity index (χ3v) is 2.63. The van der Waals surface area contributed by atoms with Crippen molar-refractivity contribution in [1.29, 1.82) is 0 Å². The minimum Gasteiger partial charge on any atom is -0.362 e. The van der Waals surface area contributed by atoms with Crippen LogP contribution in [0.5, 0.6) is 0 Å². The van der Waals surface area contributed by atoms with E-state index in [2.05, 4.69) is 0 Å². The standard InChI is InChI=1S/C13H19F3N2/c1-3-8-18(9-13(14,15)16)12-7-5-4-6-11(12)10(2)17/h4-7,10H,3,8-9,17H2,1-2H3/t10-/m1/s1. The van der Waals surface area contributed by atoms with Gasteiger partial charge in [-0.15, -0.1) is 0 Å². The zero-order valence-corrected chi connectivity index (χ0v) is 10.7. The summed E-state index contributed by atoms with van der Waals surface area (Å²) in [6.45, 7) is 3.06. The van der Waals surface area contributed by atoms with E-state index in [9.17, 15) is 13.2 Å². The van der Waals surface area contributed by atoms with Crippen LogP contribution in [-0.4, -0.2) is 19.3 Å². The first-order valence-electron chi connectivity index (χ1n) is 6.01. The van der Waals surface area contributed by atoms with Gasteiger partial charge in [0.15, 0.2) is 0 Å². The van der Waals surface area contributed by atoms with Crippen molar-refractivity contribution in [1.82, 2.24) is 0 Å². The molecule has 0 saturated heterocycles. The van der Waals surface area contributed by atoms with Crippen LogP contribution >= 0.6 is 0 Å². The smallest absolute Gasteiger partial charge is 0.362 e. The maximum absolute atomic E-state index is 12.6. The normalized spacial score (nSPS) is 13.4. The Kier molecular flexibility index (Phi) is 5.02. The van der Waals surface area contributed by atoms with Gasteiger partial charge in [-0.05, 0) is 25.0 Å². The third kappa shape index (κ3) is 4.22. The number of alkyl halides is 3. The van der Waals surface area contributed by atoms with Gasteiger partial charge in [-0.3, -0.25) is 0 Å². The lowest BCUT2D eigenvalue weighted by Crippen LogP contribution is -2.35. The fourth-order valence-corrected chi connectivity index (χ4v) is 1.93. The summed E-state index contributed by atoms with van der Waals surface area (Å²) in [7, 11) is 0. The summed E-state index contributed by atoms with van der Waals surface area (Å²) >= 11 is 0. The predicted octanol–water partition coefficient (Wildman–Crippen LogP) is 3.49. The monoisotopic (exact) mass is 260 g/mol. The first-order chi connectivity index (χ1) is 8.35. The van der Waals surface area contributed by atoms with Crippen molar-refractivity contribution in [3.05, 3.63) is 29.8 Å². The van der Waals surface area contributed by atoms with Gasteiger partial charge < -0.3 is 10.6 Å². The van der Waals surface area contributed by atoms with Gasteiger partial charge in [-0.2, -0.15) is 13.2 Å². The molecule has 1 aromatic carbocycles. The second-order valence-corrected chi connectivity index (χ2v) is 4.38. The summed E-state index contributed by atoms with van der Waals surface area (Å²) < 4.78 is 37.7. The topological polar surface area (TPSA) is 29.3 Å². The summed E-state index contributed by atoms with van der Waals surface area (Å²) in [5, 5.41) is 0. The van der Waals surface area contributed by atoms with Crippen LogP contribution < -0.4 is 10.6 Å². The number of anilines is 1. The Balaban J connectivity index is 3.05. The molecule has 0 fully saturated rings. The Bertz CT molecular complexity index is 375. The Morgan fingerprint density at radius 1 is 1.28 bits per heavy atom. The first-order valence-corrected chi connectivity index (χ1v) is 6.01. The van der Waals surface area contributed by atoms with Gasteiger partial charge >= 0.3 is 6.18 Å². The molecule has 0 amide bonds. The number of benzene rings is 1. The lowest BCUT2D eigenvalue weighted by Gasteiger charge is -2.28. The van der Waals surface area contributed by atoms with Gasteiger partial charge in [0.05, 0.1) is 0 Å². The highest BCUT2D eigenvalue weighted by molar-refractivity contribution is 5.55. The number of nitrogens with two attached hydrogens (primary N) is 1. The van der Waals surface area contributed by atoms with Gasteiger partial charge in [0.1, 0.15) is 6.54 Å². The molecule has 0 aliphatic carbocycles. The maximum atomic E-state index is 12.6. The highest BCUT2D eigenvalue weighted by atomic mass is 19.4. The number of hydrogen-bond donors (Lipinski definition) is 1. The molecule has 2 N–H and O–H groups in total. The molecule has 0 saturated carbocycles. The van der Waals surface area contributed by atoms with Crippen LogP contribution in [0, 0.1) is 0 Å². The minimum absolute atomic E-state index is 0.284. The van der Waals surface area contributed by atoms with Crippen molar-refractivity contribution in [3.63, 3.8) is 0 Å². The summed E-state index contributed by atoms with van der Waals surface area (Å²) in [5.41, 5.74) is 7.13. The number of hydrogen-bond acceptors (Lipinski definition) is 2. The molecule has 0 heterocycles. The summed E-state index contributed by atoms with van der Waals surface area (Å²) in [6.07, 6.45) is -3.55. The van der Waals surface area contributed by atoms with Gasteiger partial charge in [-0.1, -0.05) is 25.1 Å². The van der Waals surface area contributed by atoms with Crippen LogP contribution in [0.25, 0.3) is 0 Å². The SMILES string of the molecule is CCCN(CC(F)(F)F)c1ccccc1[C@@H](C)N. The Labute approximate surface area is 106 Å². The highest BCUT2D eigenvalue weighted by Crippen LogP contribution is 2.28. The molecule has 1 aromatic rings. The molecule has 5 heteroatoms. The molecule has 0 unspecified atom stereocenters. The molecule has 0 spiro atoms. The Morgan fingerprint density at radius 3 is 2.39 bits per heavy atom. The van der Waals surface area contributed by atoms with E-state index in [0.717, 1.165) is 5.56 Å². The molecule has 18 heavy (non-hydrogen) atoms. The van der Waals surface area contributed by atoms with Crippen LogP contribution in [-0.2, 0) is 0 Å². The molecular formula is C13H19F3N2. The van der Waals surface area contributed by atoms with Crippen molar-refractivity contribution in [3.8, 4) is 0 Å². The number of para-hydroxylation sites is 1. The van der Waals surface area contributed by atoms with Crippen molar-refractivity contribution >= 4 is 5.69 Å². The molecule has 0 aliphatic rings. The lowest BCUT2D eigenvalue weighted by atomic mass is 10.1. The summed E-state index contributed by atoms with van der Waals surface area (Å²) in [6, 6.07) is 6.72. The molecular weight excluding hydrogens is 241 g/mol. The second kappa shape index (κ2) is 6.09. The van der Waals surface area contributed by atoms with Crippen molar-refractivity contribution in [2.45, 2.75) is 32.5 Å². The van der Waals surface area contributed by atoms with E-state index >= 15 is 0 Å². The molecule has 0 bridgehead atoms. The van der Waals surface area contributed by atoms with Gasteiger partial charge in [0.2, 0.25) is 0 Å². The quantitative estimate of drug-likeness (QED) is 0.878. The van der Waals surface area contributed by atoms with E-state index < -0.39 is 12.7 Å². The van der Waals surface area contributed by atoms with Crippen molar-refractivity contribution in [2.75, 3.05) is 18.0 Å².